The average Bonchev–Trinajstić information content (AvgIpc) is 3.14. The molecule has 1 saturated heterocycles. The molecule has 9 nitrogen and oxygen atoms in total. The van der Waals surface area contributed by atoms with Crippen molar-refractivity contribution in [2.24, 2.45) is 5.10 Å². The van der Waals surface area contributed by atoms with Gasteiger partial charge in [-0.3, -0.25) is 19.7 Å². The van der Waals surface area contributed by atoms with Crippen LogP contribution in [0, 0.1) is 10.1 Å². The lowest BCUT2D eigenvalue weighted by Gasteiger charge is -2.08. The number of likely N-dealkylation sites (N-methyl/N-ethyl adjacent to an activating group) is 1. The molecule has 0 atom stereocenters. The van der Waals surface area contributed by atoms with E-state index < -0.39 is 10.8 Å². The molecule has 0 radical (unpaired) electrons. The van der Waals surface area contributed by atoms with Gasteiger partial charge in [-0.15, -0.1) is 0 Å². The third-order valence-electron chi connectivity index (χ3n) is 4.56. The Kier molecular flexibility index (Phi) is 4.84. The van der Waals surface area contributed by atoms with Crippen LogP contribution in [0.2, 0.25) is 0 Å². The predicted octanol–water partition coefficient (Wildman–Crippen LogP) is 2.88. The lowest BCUT2D eigenvalue weighted by atomic mass is 10.1. The van der Waals surface area contributed by atoms with E-state index in [9.17, 15) is 24.8 Å². The maximum absolute atomic E-state index is 13.0. The number of nitrogens with zero attached hydrogens (tertiary/aromatic N) is 4. The van der Waals surface area contributed by atoms with Crippen molar-refractivity contribution in [2.45, 2.75) is 0 Å². The van der Waals surface area contributed by atoms with Gasteiger partial charge in [0.1, 0.15) is 5.75 Å². The summed E-state index contributed by atoms with van der Waals surface area (Å²) in [6.45, 7) is 0. The number of aromatic hydroxyl groups is 1. The van der Waals surface area contributed by atoms with E-state index in [1.165, 1.54) is 4.90 Å². The van der Waals surface area contributed by atoms with Gasteiger partial charge in [-0.25, -0.2) is 0 Å². The first-order chi connectivity index (χ1) is 14.3. The molecule has 2 aromatic rings. The number of benzene rings is 2. The number of para-hydroxylation sites is 1. The Morgan fingerprint density at radius 3 is 2.67 bits per heavy atom. The Bertz CT molecular complexity index is 1210. The summed E-state index contributed by atoms with van der Waals surface area (Å²) in [4.78, 5) is 37.6. The van der Waals surface area contributed by atoms with Gasteiger partial charge in [-0.1, -0.05) is 30.0 Å². The lowest BCUT2D eigenvalue weighted by molar-refractivity contribution is -0.384. The molecule has 1 N–H and O–H groups in total. The number of hydrogen-bond acceptors (Lipinski definition) is 8. The van der Waals surface area contributed by atoms with Crippen molar-refractivity contribution in [3.63, 3.8) is 0 Å². The second kappa shape index (κ2) is 7.35. The van der Waals surface area contributed by atoms with Crippen LogP contribution in [0.15, 0.2) is 52.5 Å². The van der Waals surface area contributed by atoms with Crippen molar-refractivity contribution < 1.29 is 19.6 Å². The zero-order chi connectivity index (χ0) is 21.6. The Labute approximate surface area is 179 Å². The van der Waals surface area contributed by atoms with E-state index in [0.29, 0.717) is 11.3 Å². The molecule has 0 spiro atoms. The van der Waals surface area contributed by atoms with E-state index >= 15 is 0 Å². The van der Waals surface area contributed by atoms with Gasteiger partial charge in [0.15, 0.2) is 4.32 Å². The number of hydrazone groups is 1. The summed E-state index contributed by atoms with van der Waals surface area (Å²) in [7, 11) is 1.62. The number of phenols is 1. The van der Waals surface area contributed by atoms with Crippen molar-refractivity contribution in [3.05, 3.63) is 68.6 Å². The minimum Gasteiger partial charge on any atom is -0.507 e. The molecule has 11 heteroatoms. The molecule has 4 rings (SSSR count). The van der Waals surface area contributed by atoms with Crippen LogP contribution in [-0.4, -0.2) is 44.4 Å². The van der Waals surface area contributed by atoms with Crippen LogP contribution >= 0.6 is 24.0 Å². The monoisotopic (exact) mass is 440 g/mol. The molecular formula is C19H12N4O5S2. The average molecular weight is 440 g/mol. The number of thioether (sulfide) groups is 1. The summed E-state index contributed by atoms with van der Waals surface area (Å²) in [5, 5.41) is 25.8. The van der Waals surface area contributed by atoms with Crippen molar-refractivity contribution in [3.8, 4) is 5.75 Å². The first-order valence-electron chi connectivity index (χ1n) is 8.49. The minimum absolute atomic E-state index is 0.0490. The highest BCUT2D eigenvalue weighted by Crippen LogP contribution is 2.44. The number of anilines is 1. The van der Waals surface area contributed by atoms with Crippen molar-refractivity contribution in [1.82, 2.24) is 5.01 Å². The zero-order valence-electron chi connectivity index (χ0n) is 15.3. The van der Waals surface area contributed by atoms with Crippen LogP contribution in [0.4, 0.5) is 11.4 Å². The van der Waals surface area contributed by atoms with Crippen molar-refractivity contribution in [1.29, 1.82) is 0 Å². The predicted molar refractivity (Wildman–Crippen MR) is 116 cm³/mol. The Balaban J connectivity index is 1.71. The number of thiocarbonyl (C=S) groups is 1. The van der Waals surface area contributed by atoms with E-state index in [1.54, 1.807) is 31.3 Å². The van der Waals surface area contributed by atoms with E-state index in [4.69, 9.17) is 12.2 Å². The summed E-state index contributed by atoms with van der Waals surface area (Å²) in [6.07, 6.45) is 1.11. The van der Waals surface area contributed by atoms with Crippen molar-refractivity contribution in [2.75, 3.05) is 11.9 Å². The molecule has 0 bridgehead atoms. The molecule has 0 aliphatic carbocycles. The van der Waals surface area contributed by atoms with Gasteiger partial charge in [0.2, 0.25) is 0 Å². The van der Waals surface area contributed by atoms with Gasteiger partial charge < -0.3 is 10.0 Å². The molecule has 0 unspecified atom stereocenters. The number of carbonyl (C=O) groups excluding carboxylic acids is 2. The third-order valence-corrected chi connectivity index (χ3v) is 5.92. The fraction of sp³-hybridized carbons (Fsp3) is 0.0526. The summed E-state index contributed by atoms with van der Waals surface area (Å²) in [5.74, 6) is -1.15. The van der Waals surface area contributed by atoms with Gasteiger partial charge in [0.05, 0.1) is 27.3 Å². The number of amides is 2. The van der Waals surface area contributed by atoms with Gasteiger partial charge in [0, 0.05) is 30.3 Å². The molecular weight excluding hydrogens is 428 g/mol. The number of fused-ring (bicyclic) bond motifs is 1. The van der Waals surface area contributed by atoms with E-state index in [1.807, 2.05) is 0 Å². The van der Waals surface area contributed by atoms with Crippen LogP contribution in [0.25, 0.3) is 5.57 Å². The highest BCUT2D eigenvalue weighted by Gasteiger charge is 2.41. The molecule has 2 aromatic carbocycles. The second-order valence-electron chi connectivity index (χ2n) is 6.32. The highest BCUT2D eigenvalue weighted by molar-refractivity contribution is 8.26. The number of nitro benzene ring substituents is 1. The van der Waals surface area contributed by atoms with Crippen LogP contribution in [0.3, 0.4) is 0 Å². The van der Waals surface area contributed by atoms with Gasteiger partial charge in [-0.05, 0) is 24.4 Å². The molecule has 2 aliphatic rings. The SMILES string of the molecule is CN1C(=O)C(=C2SC(=S)N(N=Cc3cc([N+](=O)[O-])ccc3O)C2=O)c2ccccc21. The molecule has 2 amide bonds. The van der Waals surface area contributed by atoms with Crippen molar-refractivity contribution >= 4 is 63.3 Å². The maximum atomic E-state index is 13.0. The molecule has 30 heavy (non-hydrogen) atoms. The minimum atomic E-state index is -0.611. The van der Waals surface area contributed by atoms with E-state index in [0.717, 1.165) is 41.2 Å². The number of phenolic OH excluding ortho intramolecular Hbond substituents is 1. The van der Waals surface area contributed by atoms with Crippen LogP contribution in [0.5, 0.6) is 5.75 Å². The van der Waals surface area contributed by atoms with Gasteiger partial charge in [-0.2, -0.15) is 10.1 Å². The largest absolute Gasteiger partial charge is 0.507 e. The molecule has 2 heterocycles. The van der Waals surface area contributed by atoms with Crippen LogP contribution in [-0.2, 0) is 9.59 Å². The van der Waals surface area contributed by atoms with E-state index in [2.05, 4.69) is 5.10 Å². The molecule has 0 saturated carbocycles. The van der Waals surface area contributed by atoms with Crippen LogP contribution < -0.4 is 4.90 Å². The smallest absolute Gasteiger partial charge is 0.287 e. The highest BCUT2D eigenvalue weighted by atomic mass is 32.2. The Hall–Kier alpha value is -3.57. The second-order valence-corrected chi connectivity index (χ2v) is 7.96. The summed E-state index contributed by atoms with van der Waals surface area (Å²) < 4.78 is 0.100. The fourth-order valence-electron chi connectivity index (χ4n) is 3.08. The third kappa shape index (κ3) is 3.13. The number of nitro groups is 1. The maximum Gasteiger partial charge on any atom is 0.287 e. The number of non-ortho nitro benzene ring substituents is 1. The van der Waals surface area contributed by atoms with Crippen LogP contribution in [0.1, 0.15) is 11.1 Å². The van der Waals surface area contributed by atoms with Gasteiger partial charge in [0.25, 0.3) is 17.5 Å². The first kappa shape index (κ1) is 19.7. The first-order valence-corrected chi connectivity index (χ1v) is 9.71. The zero-order valence-corrected chi connectivity index (χ0v) is 16.9. The topological polar surface area (TPSA) is 116 Å². The van der Waals surface area contributed by atoms with Gasteiger partial charge >= 0.3 is 0 Å². The summed E-state index contributed by atoms with van der Waals surface area (Å²) >= 11 is 6.19. The molecule has 0 aromatic heterocycles. The summed E-state index contributed by atoms with van der Waals surface area (Å²) in [6, 6.07) is 10.5. The number of carbonyl (C=O) groups is 2. The fourth-order valence-corrected chi connectivity index (χ4v) is 4.32. The molecule has 2 aliphatic heterocycles. The van der Waals surface area contributed by atoms with E-state index in [-0.39, 0.29) is 37.7 Å². The molecule has 1 fully saturated rings. The number of hydrogen-bond donors (Lipinski definition) is 1. The lowest BCUT2D eigenvalue weighted by Crippen LogP contribution is -2.24. The standard InChI is InChI=1S/C19H12N4O5S2/c1-21-13-5-3-2-4-12(13)15(17(21)25)16-18(26)22(19(29)30-16)20-9-10-8-11(23(27)28)6-7-14(10)24/h2-9,24H,1H3. The normalized spacial score (nSPS) is 18.6. The number of rotatable bonds is 3. The molecule has 150 valence electrons. The Morgan fingerprint density at radius 2 is 1.93 bits per heavy atom. The summed E-state index contributed by atoms with van der Waals surface area (Å²) in [5.41, 5.74) is 1.38. The quantitative estimate of drug-likeness (QED) is 0.256. The Morgan fingerprint density at radius 1 is 1.20 bits per heavy atom.